The lowest BCUT2D eigenvalue weighted by molar-refractivity contribution is -0.130. The van der Waals surface area contributed by atoms with E-state index in [1.165, 1.54) is 13.2 Å². The van der Waals surface area contributed by atoms with Gasteiger partial charge in [-0.05, 0) is 40.0 Å². The summed E-state index contributed by atoms with van der Waals surface area (Å²) in [6, 6.07) is 1.59. The molecule has 0 aliphatic carbocycles. The molecule has 2 aliphatic heterocycles. The first-order chi connectivity index (χ1) is 18.8. The lowest BCUT2D eigenvalue weighted by atomic mass is 9.95. The molecule has 0 saturated heterocycles. The number of pyridine rings is 1. The molecule has 0 spiro atoms. The zero-order valence-corrected chi connectivity index (χ0v) is 23.4. The van der Waals surface area contributed by atoms with E-state index in [2.05, 4.69) is 38.8 Å². The van der Waals surface area contributed by atoms with Gasteiger partial charge in [0.05, 0.1) is 55.8 Å². The minimum Gasteiger partial charge on any atom is -0.479 e. The Labute approximate surface area is 228 Å². The maximum atomic E-state index is 14.5. The Bertz CT molecular complexity index is 1380. The second-order valence-electron chi connectivity index (χ2n) is 10.5. The highest BCUT2D eigenvalue weighted by Gasteiger charge is 2.29. The van der Waals surface area contributed by atoms with Gasteiger partial charge in [-0.1, -0.05) is 13.0 Å². The quantitative estimate of drug-likeness (QED) is 0.427. The van der Waals surface area contributed by atoms with Gasteiger partial charge in [0.2, 0.25) is 11.8 Å². The molecule has 5 heterocycles. The zero-order chi connectivity index (χ0) is 27.7. The predicted octanol–water partition coefficient (Wildman–Crippen LogP) is 4.90. The molecule has 39 heavy (non-hydrogen) atoms. The normalized spacial score (nSPS) is 18.9. The summed E-state index contributed by atoms with van der Waals surface area (Å²) in [5.41, 5.74) is 5.40. The first-order valence-corrected chi connectivity index (χ1v) is 13.8. The van der Waals surface area contributed by atoms with Gasteiger partial charge in [-0.25, -0.2) is 14.1 Å². The molecule has 0 bridgehead atoms. The average molecular weight is 537 g/mol. The van der Waals surface area contributed by atoms with Crippen LogP contribution < -0.4 is 4.74 Å². The van der Waals surface area contributed by atoms with E-state index in [9.17, 15) is 9.18 Å². The number of carbonyl (C=O) groups is 1. The summed E-state index contributed by atoms with van der Waals surface area (Å²) in [6.45, 7) is 9.55. The van der Waals surface area contributed by atoms with Crippen molar-refractivity contribution in [1.82, 2.24) is 29.4 Å². The SMILES string of the molecule is CCC1=CC(C(C)n2cc(-c3nn(-c4cnc(OC)c(F)c4)c4c3CCOCC4)cn2)CCC(=O)N1C(C)C. The molecule has 208 valence electrons. The number of halogens is 1. The van der Waals surface area contributed by atoms with Crippen LogP contribution >= 0.6 is 0 Å². The largest absolute Gasteiger partial charge is 0.479 e. The van der Waals surface area contributed by atoms with Crippen molar-refractivity contribution in [3.8, 4) is 22.8 Å². The van der Waals surface area contributed by atoms with E-state index in [0.29, 0.717) is 38.2 Å². The summed E-state index contributed by atoms with van der Waals surface area (Å²) >= 11 is 0. The maximum Gasteiger partial charge on any atom is 0.250 e. The van der Waals surface area contributed by atoms with Crippen LogP contribution in [-0.2, 0) is 22.4 Å². The summed E-state index contributed by atoms with van der Waals surface area (Å²) < 4.78 is 29.0. The monoisotopic (exact) mass is 536 g/mol. The summed E-state index contributed by atoms with van der Waals surface area (Å²) in [5, 5.41) is 9.67. The second-order valence-corrected chi connectivity index (χ2v) is 10.5. The Morgan fingerprint density at radius 3 is 2.69 bits per heavy atom. The van der Waals surface area contributed by atoms with Gasteiger partial charge >= 0.3 is 0 Å². The topological polar surface area (TPSA) is 87.3 Å². The smallest absolute Gasteiger partial charge is 0.250 e. The Hall–Kier alpha value is -3.53. The van der Waals surface area contributed by atoms with E-state index >= 15 is 0 Å². The molecule has 1 amide bonds. The van der Waals surface area contributed by atoms with Gasteiger partial charge in [0.25, 0.3) is 0 Å². The molecule has 0 saturated carbocycles. The third kappa shape index (κ3) is 5.22. The fourth-order valence-corrected chi connectivity index (χ4v) is 5.73. The zero-order valence-electron chi connectivity index (χ0n) is 23.4. The van der Waals surface area contributed by atoms with Crippen LogP contribution in [0.1, 0.15) is 64.3 Å². The number of ether oxygens (including phenoxy) is 2. The van der Waals surface area contributed by atoms with E-state index in [0.717, 1.165) is 41.1 Å². The second kappa shape index (κ2) is 11.3. The van der Waals surface area contributed by atoms with E-state index in [1.807, 2.05) is 22.0 Å². The van der Waals surface area contributed by atoms with Crippen LogP contribution in [0.5, 0.6) is 5.88 Å². The van der Waals surface area contributed by atoms with Gasteiger partial charge in [-0.15, -0.1) is 0 Å². The number of amides is 1. The van der Waals surface area contributed by atoms with Gasteiger partial charge in [0, 0.05) is 53.9 Å². The summed E-state index contributed by atoms with van der Waals surface area (Å²) in [7, 11) is 1.39. The van der Waals surface area contributed by atoms with Crippen LogP contribution in [0.25, 0.3) is 16.9 Å². The van der Waals surface area contributed by atoms with Gasteiger partial charge in [-0.3, -0.25) is 9.48 Å². The van der Waals surface area contributed by atoms with Crippen LogP contribution in [0, 0.1) is 11.7 Å². The van der Waals surface area contributed by atoms with Crippen molar-refractivity contribution < 1.29 is 18.7 Å². The number of carbonyl (C=O) groups excluding carboxylic acids is 1. The maximum absolute atomic E-state index is 14.5. The van der Waals surface area contributed by atoms with Crippen molar-refractivity contribution in [3.63, 3.8) is 0 Å². The number of rotatable bonds is 7. The minimum absolute atomic E-state index is 0.0483. The lowest BCUT2D eigenvalue weighted by Crippen LogP contribution is -2.35. The molecule has 0 N–H and O–H groups in total. The van der Waals surface area contributed by atoms with Crippen LogP contribution in [0.4, 0.5) is 4.39 Å². The third-order valence-electron chi connectivity index (χ3n) is 7.77. The van der Waals surface area contributed by atoms with Crippen molar-refractivity contribution in [1.29, 1.82) is 0 Å². The highest BCUT2D eigenvalue weighted by molar-refractivity contribution is 5.79. The first-order valence-electron chi connectivity index (χ1n) is 13.8. The van der Waals surface area contributed by atoms with Crippen LogP contribution in [0.3, 0.4) is 0 Å². The van der Waals surface area contributed by atoms with E-state index in [4.69, 9.17) is 19.7 Å². The van der Waals surface area contributed by atoms with E-state index < -0.39 is 5.82 Å². The molecule has 5 rings (SSSR count). The van der Waals surface area contributed by atoms with E-state index in [1.54, 1.807) is 10.9 Å². The number of hydrogen-bond donors (Lipinski definition) is 0. The Morgan fingerprint density at radius 1 is 1.18 bits per heavy atom. The molecule has 2 atom stereocenters. The van der Waals surface area contributed by atoms with Crippen LogP contribution in [0.15, 0.2) is 36.4 Å². The summed E-state index contributed by atoms with van der Waals surface area (Å²) in [6.07, 6.45) is 11.2. The van der Waals surface area contributed by atoms with Gasteiger partial charge < -0.3 is 14.4 Å². The Balaban J connectivity index is 1.49. The highest BCUT2D eigenvalue weighted by atomic mass is 19.1. The Kier molecular flexibility index (Phi) is 7.83. The summed E-state index contributed by atoms with van der Waals surface area (Å²) in [5.74, 6) is -0.219. The number of nitrogens with zero attached hydrogens (tertiary/aromatic N) is 6. The molecule has 0 aromatic carbocycles. The predicted molar refractivity (Wildman–Crippen MR) is 145 cm³/mol. The lowest BCUT2D eigenvalue weighted by Gasteiger charge is -2.28. The standard InChI is InChI=1S/C29H37FN6O3/c1-6-22-13-20(7-8-27(37)35(22)18(2)3)19(4)34-17-21(15-32-34)28-24-9-11-39-12-10-26(24)36(33-28)23-14-25(30)29(38-5)31-16-23/h13-20H,6-12H2,1-5H3. The molecule has 3 aromatic rings. The molecule has 0 fully saturated rings. The Morgan fingerprint density at radius 2 is 1.97 bits per heavy atom. The van der Waals surface area contributed by atoms with Crippen molar-refractivity contribution in [2.75, 3.05) is 20.3 Å². The molecule has 9 nitrogen and oxygen atoms in total. The molecule has 0 radical (unpaired) electrons. The molecule has 2 aliphatic rings. The molecule has 10 heteroatoms. The molecular weight excluding hydrogens is 499 g/mol. The summed E-state index contributed by atoms with van der Waals surface area (Å²) in [4.78, 5) is 18.9. The number of aromatic nitrogens is 5. The number of hydrogen-bond acceptors (Lipinski definition) is 6. The van der Waals surface area contributed by atoms with Gasteiger partial charge in [0.1, 0.15) is 0 Å². The number of fused-ring (bicyclic) bond motifs is 1. The van der Waals surface area contributed by atoms with Crippen LogP contribution in [-0.4, -0.2) is 61.7 Å². The average Bonchev–Trinajstić information content (AvgIpc) is 3.41. The van der Waals surface area contributed by atoms with Gasteiger partial charge in [-0.2, -0.15) is 10.2 Å². The number of methoxy groups -OCH3 is 1. The van der Waals surface area contributed by atoms with Crippen molar-refractivity contribution in [2.24, 2.45) is 5.92 Å². The fraction of sp³-hybridized carbons (Fsp3) is 0.517. The fourth-order valence-electron chi connectivity index (χ4n) is 5.73. The van der Waals surface area contributed by atoms with E-state index in [-0.39, 0.29) is 29.8 Å². The van der Waals surface area contributed by atoms with Crippen molar-refractivity contribution >= 4 is 5.91 Å². The molecule has 3 aromatic heterocycles. The highest BCUT2D eigenvalue weighted by Crippen LogP contribution is 2.34. The molecular formula is C29H37FN6O3. The minimum atomic E-state index is -0.537. The third-order valence-corrected chi connectivity index (χ3v) is 7.77. The first kappa shape index (κ1) is 27.1. The molecule has 2 unspecified atom stereocenters. The van der Waals surface area contributed by atoms with Gasteiger partial charge in [0.15, 0.2) is 5.82 Å². The number of allylic oxidation sites excluding steroid dienone is 2. The van der Waals surface area contributed by atoms with Crippen LogP contribution in [0.2, 0.25) is 0 Å². The van der Waals surface area contributed by atoms with Crippen molar-refractivity contribution in [2.45, 2.75) is 71.9 Å². The van der Waals surface area contributed by atoms with Crippen molar-refractivity contribution in [3.05, 3.63) is 53.5 Å².